The van der Waals surface area contributed by atoms with Crippen molar-refractivity contribution in [2.75, 3.05) is 20.3 Å². The lowest BCUT2D eigenvalue weighted by molar-refractivity contribution is -0.122. The van der Waals surface area contributed by atoms with E-state index >= 15 is 0 Å². The first-order valence-corrected chi connectivity index (χ1v) is 7.08. The molecule has 1 aromatic rings. The lowest BCUT2D eigenvalue weighted by atomic mass is 10.2. The Labute approximate surface area is 122 Å². The summed E-state index contributed by atoms with van der Waals surface area (Å²) in [7, 11) is 1.62. The Hall–Kier alpha value is -1.07. The van der Waals surface area contributed by atoms with E-state index in [4.69, 9.17) is 9.47 Å². The average molecular weight is 330 g/mol. The highest BCUT2D eigenvalue weighted by molar-refractivity contribution is 9.10. The van der Waals surface area contributed by atoms with Gasteiger partial charge < -0.3 is 14.8 Å². The minimum absolute atomic E-state index is 0.0300. The number of carbonyl (C=O) groups excluding carboxylic acids is 1. The number of halogens is 1. The summed E-state index contributed by atoms with van der Waals surface area (Å²) < 4.78 is 11.5. The number of nitrogens with one attached hydrogen (secondary N) is 1. The van der Waals surface area contributed by atoms with Gasteiger partial charge in [0, 0.05) is 24.0 Å². The van der Waals surface area contributed by atoms with Gasteiger partial charge in [-0.25, -0.2) is 0 Å². The third-order valence-corrected chi connectivity index (χ3v) is 2.93. The monoisotopic (exact) mass is 329 g/mol. The van der Waals surface area contributed by atoms with Crippen LogP contribution < -0.4 is 10.1 Å². The smallest absolute Gasteiger partial charge is 0.220 e. The number of carbonyl (C=O) groups is 1. The van der Waals surface area contributed by atoms with Crippen LogP contribution in [0.3, 0.4) is 0 Å². The Kier molecular flexibility index (Phi) is 7.52. The molecule has 0 aliphatic rings. The molecule has 0 bridgehead atoms. The minimum atomic E-state index is 0.0300. The molecule has 0 radical (unpaired) electrons. The molecule has 5 heteroatoms. The molecule has 0 aliphatic heterocycles. The molecular weight excluding hydrogens is 310 g/mol. The van der Waals surface area contributed by atoms with E-state index in [1.807, 2.05) is 31.2 Å². The first kappa shape index (κ1) is 16.0. The highest BCUT2D eigenvalue weighted by Crippen LogP contribution is 2.17. The highest BCUT2D eigenvalue weighted by atomic mass is 79.9. The minimum Gasteiger partial charge on any atom is -0.494 e. The SMILES string of the molecule is COCC(C)NC(=O)CCCOc1cccc(Br)c1. The van der Waals surface area contributed by atoms with Gasteiger partial charge in [-0.15, -0.1) is 0 Å². The van der Waals surface area contributed by atoms with E-state index in [0.29, 0.717) is 26.1 Å². The fraction of sp³-hybridized carbons (Fsp3) is 0.500. The Balaban J connectivity index is 2.15. The molecule has 1 unspecified atom stereocenters. The summed E-state index contributed by atoms with van der Waals surface area (Å²) in [5, 5.41) is 2.86. The standard InChI is InChI=1S/C14H20BrNO3/c1-11(10-18-2)16-14(17)7-4-8-19-13-6-3-5-12(15)9-13/h3,5-6,9,11H,4,7-8,10H2,1-2H3,(H,16,17). The van der Waals surface area contributed by atoms with Crippen LogP contribution in [0.5, 0.6) is 5.75 Å². The predicted octanol–water partition coefficient (Wildman–Crippen LogP) is 2.76. The van der Waals surface area contributed by atoms with Crippen LogP contribution in [0, 0.1) is 0 Å². The average Bonchev–Trinajstić information content (AvgIpc) is 2.35. The summed E-state index contributed by atoms with van der Waals surface area (Å²) in [6.07, 6.45) is 1.15. The number of methoxy groups -OCH3 is 1. The molecule has 0 fully saturated rings. The summed E-state index contributed by atoms with van der Waals surface area (Å²) >= 11 is 3.38. The predicted molar refractivity (Wildman–Crippen MR) is 78.4 cm³/mol. The zero-order chi connectivity index (χ0) is 14.1. The van der Waals surface area contributed by atoms with Crippen LogP contribution in [0.15, 0.2) is 28.7 Å². The largest absolute Gasteiger partial charge is 0.494 e. The van der Waals surface area contributed by atoms with E-state index in [9.17, 15) is 4.79 Å². The zero-order valence-corrected chi connectivity index (χ0v) is 12.9. The molecule has 1 N–H and O–H groups in total. The van der Waals surface area contributed by atoms with Crippen LogP contribution in [0.25, 0.3) is 0 Å². The second kappa shape index (κ2) is 8.93. The molecule has 4 nitrogen and oxygen atoms in total. The van der Waals surface area contributed by atoms with E-state index in [-0.39, 0.29) is 11.9 Å². The molecule has 1 atom stereocenters. The van der Waals surface area contributed by atoms with Crippen LogP contribution >= 0.6 is 15.9 Å². The Bertz CT molecular complexity index is 398. The second-order valence-electron chi connectivity index (χ2n) is 4.33. The molecule has 0 heterocycles. The third-order valence-electron chi connectivity index (χ3n) is 2.44. The van der Waals surface area contributed by atoms with Gasteiger partial charge in [0.2, 0.25) is 5.91 Å². The van der Waals surface area contributed by atoms with Gasteiger partial charge in [-0.1, -0.05) is 22.0 Å². The molecule has 106 valence electrons. The number of hydrogen-bond acceptors (Lipinski definition) is 3. The van der Waals surface area contributed by atoms with Gasteiger partial charge in [-0.2, -0.15) is 0 Å². The molecule has 0 saturated heterocycles. The molecule has 0 saturated carbocycles. The van der Waals surface area contributed by atoms with Crippen molar-refractivity contribution < 1.29 is 14.3 Å². The van der Waals surface area contributed by atoms with Crippen molar-refractivity contribution in [3.63, 3.8) is 0 Å². The number of rotatable bonds is 8. The Morgan fingerprint density at radius 1 is 1.47 bits per heavy atom. The quantitative estimate of drug-likeness (QED) is 0.746. The van der Waals surface area contributed by atoms with Gasteiger partial charge in [0.25, 0.3) is 0 Å². The fourth-order valence-corrected chi connectivity index (χ4v) is 2.00. The first-order chi connectivity index (χ1) is 9.11. The lowest BCUT2D eigenvalue weighted by Crippen LogP contribution is -2.35. The molecule has 1 rings (SSSR count). The van der Waals surface area contributed by atoms with Gasteiger partial charge in [0.1, 0.15) is 5.75 Å². The van der Waals surface area contributed by atoms with Crippen LogP contribution in [0.4, 0.5) is 0 Å². The number of ether oxygens (including phenoxy) is 2. The van der Waals surface area contributed by atoms with Gasteiger partial charge in [-0.3, -0.25) is 4.79 Å². The van der Waals surface area contributed by atoms with E-state index in [1.165, 1.54) is 0 Å². The molecule has 0 aromatic heterocycles. The molecule has 0 spiro atoms. The number of amides is 1. The van der Waals surface area contributed by atoms with Gasteiger partial charge >= 0.3 is 0 Å². The summed E-state index contributed by atoms with van der Waals surface area (Å²) in [6.45, 7) is 2.97. The van der Waals surface area contributed by atoms with Crippen LogP contribution in [0.1, 0.15) is 19.8 Å². The van der Waals surface area contributed by atoms with Crippen LogP contribution in [0.2, 0.25) is 0 Å². The van der Waals surface area contributed by atoms with E-state index in [2.05, 4.69) is 21.2 Å². The molecule has 19 heavy (non-hydrogen) atoms. The van der Waals surface area contributed by atoms with Crippen LogP contribution in [-0.4, -0.2) is 32.3 Å². The van der Waals surface area contributed by atoms with Gasteiger partial charge in [0.15, 0.2) is 0 Å². The maximum atomic E-state index is 11.6. The van der Waals surface area contributed by atoms with Gasteiger partial charge in [0.05, 0.1) is 13.2 Å². The summed E-state index contributed by atoms with van der Waals surface area (Å²) in [6, 6.07) is 7.70. The normalized spacial score (nSPS) is 11.9. The molecule has 1 amide bonds. The molecular formula is C14H20BrNO3. The number of hydrogen-bond donors (Lipinski definition) is 1. The van der Waals surface area contributed by atoms with Crippen molar-refractivity contribution in [2.24, 2.45) is 0 Å². The Morgan fingerprint density at radius 2 is 2.26 bits per heavy atom. The van der Waals surface area contributed by atoms with Crippen molar-refractivity contribution in [3.8, 4) is 5.75 Å². The van der Waals surface area contributed by atoms with Crippen molar-refractivity contribution >= 4 is 21.8 Å². The third kappa shape index (κ3) is 7.18. The highest BCUT2D eigenvalue weighted by Gasteiger charge is 2.06. The zero-order valence-electron chi connectivity index (χ0n) is 11.3. The van der Waals surface area contributed by atoms with Crippen molar-refractivity contribution in [2.45, 2.75) is 25.8 Å². The van der Waals surface area contributed by atoms with E-state index in [0.717, 1.165) is 10.2 Å². The van der Waals surface area contributed by atoms with Crippen molar-refractivity contribution in [1.29, 1.82) is 0 Å². The lowest BCUT2D eigenvalue weighted by Gasteiger charge is -2.12. The first-order valence-electron chi connectivity index (χ1n) is 6.28. The molecule has 0 aliphatic carbocycles. The summed E-state index contributed by atoms with van der Waals surface area (Å²) in [5.74, 6) is 0.838. The van der Waals surface area contributed by atoms with E-state index in [1.54, 1.807) is 7.11 Å². The second-order valence-corrected chi connectivity index (χ2v) is 5.25. The maximum Gasteiger partial charge on any atom is 0.220 e. The van der Waals surface area contributed by atoms with E-state index < -0.39 is 0 Å². The fourth-order valence-electron chi connectivity index (χ4n) is 1.62. The van der Waals surface area contributed by atoms with Crippen LogP contribution in [-0.2, 0) is 9.53 Å². The number of benzene rings is 1. The summed E-state index contributed by atoms with van der Waals surface area (Å²) in [4.78, 5) is 11.6. The summed E-state index contributed by atoms with van der Waals surface area (Å²) in [5.41, 5.74) is 0. The molecule has 1 aromatic carbocycles. The van der Waals surface area contributed by atoms with Crippen molar-refractivity contribution in [1.82, 2.24) is 5.32 Å². The van der Waals surface area contributed by atoms with Gasteiger partial charge in [-0.05, 0) is 31.5 Å². The Morgan fingerprint density at radius 3 is 2.95 bits per heavy atom. The topological polar surface area (TPSA) is 47.6 Å². The maximum absolute atomic E-state index is 11.6. The van der Waals surface area contributed by atoms with Crippen molar-refractivity contribution in [3.05, 3.63) is 28.7 Å².